The Morgan fingerprint density at radius 2 is 2.08 bits per heavy atom. The van der Waals surface area contributed by atoms with Crippen molar-refractivity contribution < 1.29 is 22.7 Å². The normalized spacial score (nSPS) is 15.4. The van der Waals surface area contributed by atoms with E-state index in [0.29, 0.717) is 12.0 Å². The fourth-order valence-electron chi connectivity index (χ4n) is 2.21. The highest BCUT2D eigenvalue weighted by atomic mass is 19.4. The van der Waals surface area contributed by atoms with E-state index < -0.39 is 35.5 Å². The van der Waals surface area contributed by atoms with E-state index in [2.05, 4.69) is 5.32 Å². The zero-order valence-electron chi connectivity index (χ0n) is 13.7. The van der Waals surface area contributed by atoms with Gasteiger partial charge in [-0.25, -0.2) is 0 Å². The van der Waals surface area contributed by atoms with E-state index in [1.807, 2.05) is 6.07 Å². The molecular weight excluding hydrogens is 347 g/mol. The van der Waals surface area contributed by atoms with Crippen LogP contribution in [0.15, 0.2) is 42.0 Å². The molecule has 0 saturated carbocycles. The van der Waals surface area contributed by atoms with Gasteiger partial charge in [-0.3, -0.25) is 4.79 Å². The molecule has 1 atom stereocenters. The molecule has 26 heavy (non-hydrogen) atoms. The van der Waals surface area contributed by atoms with Gasteiger partial charge in [-0.05, 0) is 31.5 Å². The second-order valence-electron chi connectivity index (χ2n) is 5.80. The summed E-state index contributed by atoms with van der Waals surface area (Å²) in [7, 11) is 0. The molecule has 1 N–H and O–H groups in total. The SMILES string of the molecule is CC(C#N)(COc1cc(C#N)ccc1C(F)(F)F)NC(=O)C1=CCC=C1. The van der Waals surface area contributed by atoms with Gasteiger partial charge in [0.25, 0.3) is 5.91 Å². The Labute approximate surface area is 148 Å². The number of carbonyl (C=O) groups is 1. The van der Waals surface area contributed by atoms with Crippen molar-refractivity contribution in [2.75, 3.05) is 6.61 Å². The summed E-state index contributed by atoms with van der Waals surface area (Å²) in [6, 6.07) is 6.28. The summed E-state index contributed by atoms with van der Waals surface area (Å²) in [5, 5.41) is 20.6. The summed E-state index contributed by atoms with van der Waals surface area (Å²) < 4.78 is 44.4. The average molecular weight is 361 g/mol. The van der Waals surface area contributed by atoms with Gasteiger partial charge in [-0.1, -0.05) is 18.2 Å². The number of amides is 1. The summed E-state index contributed by atoms with van der Waals surface area (Å²) in [6.07, 6.45) is 0.921. The topological polar surface area (TPSA) is 85.9 Å². The molecule has 0 spiro atoms. The number of halogens is 3. The minimum atomic E-state index is -4.69. The maximum Gasteiger partial charge on any atom is 0.419 e. The third-order valence-electron chi connectivity index (χ3n) is 3.60. The highest BCUT2D eigenvalue weighted by Gasteiger charge is 2.36. The fraction of sp³-hybridized carbons (Fsp3) is 0.278. The Morgan fingerprint density at radius 3 is 2.62 bits per heavy atom. The molecule has 8 heteroatoms. The number of ether oxygens (including phenoxy) is 1. The number of nitriles is 2. The molecule has 1 aliphatic rings. The summed E-state index contributed by atoms with van der Waals surface area (Å²) in [5.41, 5.74) is -2.27. The van der Waals surface area contributed by atoms with Crippen LogP contribution in [0.4, 0.5) is 13.2 Å². The molecule has 1 aromatic carbocycles. The van der Waals surface area contributed by atoms with Crippen LogP contribution in [-0.2, 0) is 11.0 Å². The first-order valence-corrected chi connectivity index (χ1v) is 7.53. The lowest BCUT2D eigenvalue weighted by molar-refractivity contribution is -0.139. The van der Waals surface area contributed by atoms with Crippen molar-refractivity contribution in [3.05, 3.63) is 53.1 Å². The third-order valence-corrected chi connectivity index (χ3v) is 3.60. The molecule has 0 heterocycles. The van der Waals surface area contributed by atoms with Crippen molar-refractivity contribution >= 4 is 5.91 Å². The van der Waals surface area contributed by atoms with E-state index in [4.69, 9.17) is 10.00 Å². The van der Waals surface area contributed by atoms with Crippen LogP contribution in [0, 0.1) is 22.7 Å². The van der Waals surface area contributed by atoms with Gasteiger partial charge in [0.1, 0.15) is 12.4 Å². The number of benzene rings is 1. The number of carbonyl (C=O) groups excluding carboxylic acids is 1. The van der Waals surface area contributed by atoms with E-state index in [-0.39, 0.29) is 5.56 Å². The van der Waals surface area contributed by atoms with Crippen LogP contribution in [0.1, 0.15) is 24.5 Å². The van der Waals surface area contributed by atoms with E-state index in [9.17, 15) is 23.2 Å². The predicted molar refractivity (Wildman–Crippen MR) is 85.7 cm³/mol. The molecule has 0 bridgehead atoms. The lowest BCUT2D eigenvalue weighted by Gasteiger charge is -2.24. The zero-order chi connectivity index (χ0) is 19.4. The minimum absolute atomic E-state index is 0.0167. The minimum Gasteiger partial charge on any atom is -0.489 e. The molecule has 1 unspecified atom stereocenters. The number of nitrogens with zero attached hydrogens (tertiary/aromatic N) is 2. The van der Waals surface area contributed by atoms with Gasteiger partial charge in [0.15, 0.2) is 5.54 Å². The monoisotopic (exact) mass is 361 g/mol. The number of allylic oxidation sites excluding steroid dienone is 2. The first kappa shape index (κ1) is 19.1. The van der Waals surface area contributed by atoms with Crippen LogP contribution >= 0.6 is 0 Å². The zero-order valence-corrected chi connectivity index (χ0v) is 13.7. The van der Waals surface area contributed by atoms with Gasteiger partial charge >= 0.3 is 6.18 Å². The van der Waals surface area contributed by atoms with E-state index in [1.54, 1.807) is 24.3 Å². The maximum absolute atomic E-state index is 13.1. The smallest absolute Gasteiger partial charge is 0.419 e. The van der Waals surface area contributed by atoms with E-state index >= 15 is 0 Å². The van der Waals surface area contributed by atoms with Gasteiger partial charge in [-0.2, -0.15) is 23.7 Å². The molecule has 0 fully saturated rings. The van der Waals surface area contributed by atoms with Crippen molar-refractivity contribution in [2.45, 2.75) is 25.1 Å². The van der Waals surface area contributed by atoms with E-state index in [1.165, 1.54) is 6.92 Å². The highest BCUT2D eigenvalue weighted by Crippen LogP contribution is 2.37. The summed E-state index contributed by atoms with van der Waals surface area (Å²) in [6.45, 7) is 0.815. The lowest BCUT2D eigenvalue weighted by Crippen LogP contribution is -2.49. The van der Waals surface area contributed by atoms with Crippen LogP contribution < -0.4 is 10.1 Å². The van der Waals surface area contributed by atoms with Crippen LogP contribution in [0.25, 0.3) is 0 Å². The van der Waals surface area contributed by atoms with Crippen LogP contribution in [0.3, 0.4) is 0 Å². The second kappa shape index (κ2) is 7.32. The molecule has 134 valence electrons. The Kier molecular flexibility index (Phi) is 5.37. The Balaban J connectivity index is 2.20. The highest BCUT2D eigenvalue weighted by molar-refractivity contribution is 5.97. The fourth-order valence-corrected chi connectivity index (χ4v) is 2.21. The molecule has 0 aromatic heterocycles. The van der Waals surface area contributed by atoms with Gasteiger partial charge in [0.05, 0.1) is 23.3 Å². The molecule has 2 rings (SSSR count). The van der Waals surface area contributed by atoms with Crippen molar-refractivity contribution in [1.29, 1.82) is 10.5 Å². The Hall–Kier alpha value is -3.26. The number of alkyl halides is 3. The first-order chi connectivity index (χ1) is 12.2. The number of hydrogen-bond acceptors (Lipinski definition) is 4. The maximum atomic E-state index is 13.1. The third kappa shape index (κ3) is 4.42. The summed E-state index contributed by atoms with van der Waals surface area (Å²) >= 11 is 0. The molecule has 5 nitrogen and oxygen atoms in total. The summed E-state index contributed by atoms with van der Waals surface area (Å²) in [4.78, 5) is 12.1. The molecular formula is C18H14F3N3O2. The van der Waals surface area contributed by atoms with Crippen molar-refractivity contribution in [3.63, 3.8) is 0 Å². The van der Waals surface area contributed by atoms with Crippen molar-refractivity contribution in [1.82, 2.24) is 5.32 Å². The standard InChI is InChI=1S/C18H14F3N3O2/c1-17(10-23,24-16(25)13-4-2-3-5-13)11-26-15-8-12(9-22)6-7-14(15)18(19,20)21/h2,4-8H,3,11H2,1H3,(H,24,25). The summed E-state index contributed by atoms with van der Waals surface area (Å²) in [5.74, 6) is -1.10. The van der Waals surface area contributed by atoms with Gasteiger partial charge in [0, 0.05) is 5.57 Å². The van der Waals surface area contributed by atoms with Gasteiger partial charge < -0.3 is 10.1 Å². The molecule has 0 aliphatic heterocycles. The molecule has 0 radical (unpaired) electrons. The number of rotatable bonds is 5. The van der Waals surface area contributed by atoms with E-state index in [0.717, 1.165) is 18.2 Å². The van der Waals surface area contributed by atoms with Gasteiger partial charge in [-0.15, -0.1) is 0 Å². The van der Waals surface area contributed by atoms with Crippen LogP contribution in [0.5, 0.6) is 5.75 Å². The number of hydrogen-bond donors (Lipinski definition) is 1. The second-order valence-corrected chi connectivity index (χ2v) is 5.80. The largest absolute Gasteiger partial charge is 0.489 e. The Morgan fingerprint density at radius 1 is 1.35 bits per heavy atom. The first-order valence-electron chi connectivity index (χ1n) is 7.53. The van der Waals surface area contributed by atoms with Crippen molar-refractivity contribution in [3.8, 4) is 17.9 Å². The van der Waals surface area contributed by atoms with Crippen LogP contribution in [0.2, 0.25) is 0 Å². The Bertz CT molecular complexity index is 860. The molecule has 1 amide bonds. The quantitative estimate of drug-likeness (QED) is 0.872. The molecule has 0 saturated heterocycles. The molecule has 1 aliphatic carbocycles. The number of nitrogens with one attached hydrogen (secondary N) is 1. The predicted octanol–water partition coefficient (Wildman–Crippen LogP) is 3.24. The lowest BCUT2D eigenvalue weighted by atomic mass is 10.0. The van der Waals surface area contributed by atoms with Crippen LogP contribution in [-0.4, -0.2) is 18.1 Å². The average Bonchev–Trinajstić information content (AvgIpc) is 3.13. The van der Waals surface area contributed by atoms with Crippen molar-refractivity contribution in [2.24, 2.45) is 0 Å². The van der Waals surface area contributed by atoms with Gasteiger partial charge in [0.2, 0.25) is 0 Å². The molecule has 1 aromatic rings.